The van der Waals surface area contributed by atoms with Crippen molar-refractivity contribution in [1.29, 1.82) is 0 Å². The van der Waals surface area contributed by atoms with Crippen LogP contribution in [0.15, 0.2) is 4.99 Å². The molecular weight excluding hydrogens is 393 g/mol. The zero-order valence-corrected chi connectivity index (χ0v) is 17.3. The molecule has 10 heteroatoms. The van der Waals surface area contributed by atoms with Crippen molar-refractivity contribution in [2.75, 3.05) is 39.8 Å². The van der Waals surface area contributed by atoms with Gasteiger partial charge in [-0.2, -0.15) is 17.5 Å². The van der Waals surface area contributed by atoms with Crippen LogP contribution < -0.4 is 5.32 Å². The molecule has 28 heavy (non-hydrogen) atoms. The summed E-state index contributed by atoms with van der Waals surface area (Å²) < 4.78 is 61.6. The highest BCUT2D eigenvalue weighted by Crippen LogP contribution is 2.43. The van der Waals surface area contributed by atoms with Gasteiger partial charge in [0.25, 0.3) is 0 Å². The molecule has 3 fully saturated rings. The van der Waals surface area contributed by atoms with Gasteiger partial charge in [-0.3, -0.25) is 4.99 Å². The minimum absolute atomic E-state index is 0.0837. The Bertz CT molecular complexity index is 667. The number of alkyl halides is 3. The van der Waals surface area contributed by atoms with E-state index in [0.29, 0.717) is 29.1 Å². The maximum absolute atomic E-state index is 12.7. The first kappa shape index (κ1) is 21.7. The number of hydrogen-bond acceptors (Lipinski definition) is 3. The van der Waals surface area contributed by atoms with Gasteiger partial charge in [0.15, 0.2) is 5.96 Å². The molecule has 3 aliphatic rings. The zero-order chi connectivity index (χ0) is 20.4. The standard InChI is InChI=1S/C18H31F3N4O2S/c1-22-16(24-12-9-17(14-24)7-3-2-4-8-17)23-13-15-5-10-25(11-6-15)28(26,27)18(19,20)21/h15H,2-14H2,1H3,(H,22,23). The van der Waals surface area contributed by atoms with Crippen molar-refractivity contribution in [1.82, 2.24) is 14.5 Å². The Balaban J connectivity index is 1.47. The van der Waals surface area contributed by atoms with E-state index >= 15 is 0 Å². The Hall–Kier alpha value is -1.03. The molecule has 0 amide bonds. The number of nitrogens with zero attached hydrogens (tertiary/aromatic N) is 3. The van der Waals surface area contributed by atoms with Gasteiger partial charge in [0.05, 0.1) is 0 Å². The van der Waals surface area contributed by atoms with Crippen LogP contribution in [-0.2, 0) is 10.0 Å². The summed E-state index contributed by atoms with van der Waals surface area (Å²) in [4.78, 5) is 6.70. The zero-order valence-electron chi connectivity index (χ0n) is 16.5. The van der Waals surface area contributed by atoms with Gasteiger partial charge in [-0.15, -0.1) is 0 Å². The highest BCUT2D eigenvalue weighted by Gasteiger charge is 2.50. The number of halogens is 3. The lowest BCUT2D eigenvalue weighted by Crippen LogP contribution is -2.47. The van der Waals surface area contributed by atoms with Gasteiger partial charge in [-0.1, -0.05) is 19.3 Å². The van der Waals surface area contributed by atoms with Crippen LogP contribution in [0.25, 0.3) is 0 Å². The number of nitrogens with one attached hydrogen (secondary N) is 1. The fraction of sp³-hybridized carbons (Fsp3) is 0.944. The van der Waals surface area contributed by atoms with Gasteiger partial charge < -0.3 is 10.2 Å². The molecule has 0 atom stereocenters. The second-order valence-electron chi connectivity index (χ2n) is 8.45. The number of likely N-dealkylation sites (tertiary alicyclic amines) is 1. The van der Waals surface area contributed by atoms with E-state index in [-0.39, 0.29) is 19.0 Å². The number of piperidine rings is 1. The van der Waals surface area contributed by atoms with Crippen LogP contribution in [0.2, 0.25) is 0 Å². The average molecular weight is 425 g/mol. The lowest BCUT2D eigenvalue weighted by molar-refractivity contribution is -0.0496. The largest absolute Gasteiger partial charge is 0.511 e. The second-order valence-corrected chi connectivity index (χ2v) is 10.4. The monoisotopic (exact) mass is 424 g/mol. The van der Waals surface area contributed by atoms with Gasteiger partial charge in [0.1, 0.15) is 0 Å². The number of guanidine groups is 1. The summed E-state index contributed by atoms with van der Waals surface area (Å²) in [5.41, 5.74) is -4.79. The van der Waals surface area contributed by atoms with E-state index in [0.717, 1.165) is 19.0 Å². The minimum atomic E-state index is -5.22. The van der Waals surface area contributed by atoms with Crippen LogP contribution >= 0.6 is 0 Å². The molecule has 0 bridgehead atoms. The molecular formula is C18H31F3N4O2S. The molecule has 6 nitrogen and oxygen atoms in total. The lowest BCUT2D eigenvalue weighted by atomic mass is 9.73. The third kappa shape index (κ3) is 4.58. The summed E-state index contributed by atoms with van der Waals surface area (Å²) in [6.07, 6.45) is 8.54. The third-order valence-electron chi connectivity index (χ3n) is 6.62. The number of sulfonamides is 1. The third-order valence-corrected chi connectivity index (χ3v) is 8.25. The molecule has 0 aromatic carbocycles. The fourth-order valence-corrected chi connectivity index (χ4v) is 5.88. The summed E-state index contributed by atoms with van der Waals surface area (Å²) >= 11 is 0. The molecule has 0 radical (unpaired) electrons. The fourth-order valence-electron chi connectivity index (χ4n) is 4.89. The normalized spacial score (nSPS) is 25.4. The van der Waals surface area contributed by atoms with Crippen LogP contribution in [0.5, 0.6) is 0 Å². The maximum atomic E-state index is 12.7. The summed E-state index contributed by atoms with van der Waals surface area (Å²) in [7, 11) is -3.45. The van der Waals surface area contributed by atoms with Crippen molar-refractivity contribution in [3.05, 3.63) is 0 Å². The molecule has 0 aromatic heterocycles. The van der Waals surface area contributed by atoms with Crippen LogP contribution in [0.3, 0.4) is 0 Å². The highest BCUT2D eigenvalue weighted by atomic mass is 32.2. The van der Waals surface area contributed by atoms with Crippen molar-refractivity contribution in [3.63, 3.8) is 0 Å². The smallest absolute Gasteiger partial charge is 0.356 e. The maximum Gasteiger partial charge on any atom is 0.511 e. The van der Waals surface area contributed by atoms with Crippen LogP contribution in [0, 0.1) is 11.3 Å². The van der Waals surface area contributed by atoms with E-state index < -0.39 is 15.5 Å². The predicted molar refractivity (Wildman–Crippen MR) is 102 cm³/mol. The number of aliphatic imine (C=N–C) groups is 1. The van der Waals surface area contributed by atoms with Gasteiger partial charge in [-0.05, 0) is 43.4 Å². The molecule has 2 saturated heterocycles. The van der Waals surface area contributed by atoms with Crippen molar-refractivity contribution >= 4 is 16.0 Å². The Morgan fingerprint density at radius 2 is 1.75 bits per heavy atom. The summed E-state index contributed by atoms with van der Waals surface area (Å²) in [5.74, 6) is 0.996. The van der Waals surface area contributed by atoms with Crippen molar-refractivity contribution < 1.29 is 21.6 Å². The van der Waals surface area contributed by atoms with E-state index in [1.165, 1.54) is 38.5 Å². The quantitative estimate of drug-likeness (QED) is 0.559. The minimum Gasteiger partial charge on any atom is -0.356 e. The van der Waals surface area contributed by atoms with Gasteiger partial charge in [0, 0.05) is 39.8 Å². The van der Waals surface area contributed by atoms with E-state index in [9.17, 15) is 21.6 Å². The second kappa shape index (κ2) is 8.38. The first-order valence-corrected chi connectivity index (χ1v) is 11.6. The summed E-state index contributed by atoms with van der Waals surface area (Å²) in [6.45, 7) is 2.45. The van der Waals surface area contributed by atoms with E-state index in [1.54, 1.807) is 7.05 Å². The predicted octanol–water partition coefficient (Wildman–Crippen LogP) is 2.78. The molecule has 2 heterocycles. The molecule has 3 rings (SSSR count). The Morgan fingerprint density at radius 1 is 1.11 bits per heavy atom. The van der Waals surface area contributed by atoms with Crippen molar-refractivity contribution in [3.8, 4) is 0 Å². The van der Waals surface area contributed by atoms with Crippen LogP contribution in [-0.4, -0.2) is 68.9 Å². The summed E-state index contributed by atoms with van der Waals surface area (Å²) in [6, 6.07) is 0. The van der Waals surface area contributed by atoms with Gasteiger partial charge in [0.2, 0.25) is 0 Å². The van der Waals surface area contributed by atoms with Crippen molar-refractivity contribution in [2.45, 2.75) is 56.9 Å². The van der Waals surface area contributed by atoms with E-state index in [1.807, 2.05) is 0 Å². The molecule has 2 aliphatic heterocycles. The Kier molecular flexibility index (Phi) is 6.48. The molecule has 1 N–H and O–H groups in total. The number of hydrogen-bond donors (Lipinski definition) is 1. The van der Waals surface area contributed by atoms with Gasteiger partial charge >= 0.3 is 15.5 Å². The van der Waals surface area contributed by atoms with Gasteiger partial charge in [-0.25, -0.2) is 8.42 Å². The number of rotatable bonds is 3. The summed E-state index contributed by atoms with van der Waals surface area (Å²) in [5, 5.41) is 3.37. The first-order chi connectivity index (χ1) is 13.2. The van der Waals surface area contributed by atoms with Crippen molar-refractivity contribution in [2.24, 2.45) is 16.3 Å². The Morgan fingerprint density at radius 3 is 2.32 bits per heavy atom. The van der Waals surface area contributed by atoms with Crippen LogP contribution in [0.1, 0.15) is 51.4 Å². The molecule has 0 unspecified atom stereocenters. The highest BCUT2D eigenvalue weighted by molar-refractivity contribution is 7.90. The molecule has 0 aromatic rings. The molecule has 1 spiro atoms. The topological polar surface area (TPSA) is 65.0 Å². The van der Waals surface area contributed by atoms with Crippen LogP contribution in [0.4, 0.5) is 13.2 Å². The Labute approximate surface area is 165 Å². The molecule has 1 aliphatic carbocycles. The van der Waals surface area contributed by atoms with E-state index in [2.05, 4.69) is 15.2 Å². The molecule has 1 saturated carbocycles. The first-order valence-electron chi connectivity index (χ1n) is 10.2. The lowest BCUT2D eigenvalue weighted by Gasteiger charge is -2.34. The SMILES string of the molecule is CN=C(NCC1CCN(S(=O)(=O)C(F)(F)F)CC1)N1CCC2(CCCCC2)C1. The van der Waals surface area contributed by atoms with E-state index in [4.69, 9.17) is 0 Å². The average Bonchev–Trinajstić information content (AvgIpc) is 3.05. The molecule has 162 valence electrons.